The normalized spacial score (nSPS) is 19.1. The fourth-order valence-electron chi connectivity index (χ4n) is 1.98. The second-order valence-electron chi connectivity index (χ2n) is 6.12. The first kappa shape index (κ1) is 15.4. The van der Waals surface area contributed by atoms with Gasteiger partial charge in [-0.25, -0.2) is 13.4 Å². The largest absolute Gasteiger partial charge is 0.335 e. The van der Waals surface area contributed by atoms with E-state index in [1.165, 1.54) is 11.3 Å². The molecule has 0 radical (unpaired) electrons. The number of amides is 1. The molecule has 1 fully saturated rings. The number of nitrogens with zero attached hydrogens (tertiary/aromatic N) is 2. The van der Waals surface area contributed by atoms with E-state index in [-0.39, 0.29) is 35.9 Å². The summed E-state index contributed by atoms with van der Waals surface area (Å²) in [5.74, 6) is -0.0496. The maximum absolute atomic E-state index is 12.4. The number of sulfone groups is 1. The summed E-state index contributed by atoms with van der Waals surface area (Å²) >= 11 is 1.54. The molecule has 1 saturated heterocycles. The Bertz CT molecular complexity index is 613. The highest BCUT2D eigenvalue weighted by Gasteiger charge is 2.29. The van der Waals surface area contributed by atoms with Crippen molar-refractivity contribution in [3.63, 3.8) is 0 Å². The van der Waals surface area contributed by atoms with Gasteiger partial charge >= 0.3 is 0 Å². The quantitative estimate of drug-likeness (QED) is 0.789. The number of aryl methyl sites for hydroxylation is 1. The summed E-state index contributed by atoms with van der Waals surface area (Å²) in [5.41, 5.74) is 0.387. The van der Waals surface area contributed by atoms with E-state index in [4.69, 9.17) is 0 Å². The van der Waals surface area contributed by atoms with Gasteiger partial charge in [-0.05, 0) is 6.92 Å². The predicted molar refractivity (Wildman–Crippen MR) is 80.1 cm³/mol. The standard InChI is InChI=1S/C13H20N2O3S2/c1-9-10(14-12(19-9)13(2,3)4)11(16)15-5-7-20(17,18)8-6-15/h5-8H2,1-4H3. The molecule has 7 heteroatoms. The number of aromatic nitrogens is 1. The van der Waals surface area contributed by atoms with E-state index < -0.39 is 9.84 Å². The van der Waals surface area contributed by atoms with Crippen molar-refractivity contribution in [2.75, 3.05) is 24.6 Å². The third-order valence-electron chi connectivity index (χ3n) is 3.27. The van der Waals surface area contributed by atoms with Gasteiger partial charge in [-0.1, -0.05) is 20.8 Å². The Morgan fingerprint density at radius 3 is 2.25 bits per heavy atom. The molecule has 2 heterocycles. The molecule has 0 N–H and O–H groups in total. The smallest absolute Gasteiger partial charge is 0.273 e. The van der Waals surface area contributed by atoms with Crippen LogP contribution >= 0.6 is 11.3 Å². The van der Waals surface area contributed by atoms with Crippen molar-refractivity contribution >= 4 is 27.1 Å². The molecular weight excluding hydrogens is 296 g/mol. The third-order valence-corrected chi connectivity index (χ3v) is 6.28. The number of thiazole rings is 1. The van der Waals surface area contributed by atoms with Gasteiger partial charge in [0.25, 0.3) is 5.91 Å². The van der Waals surface area contributed by atoms with E-state index >= 15 is 0 Å². The van der Waals surface area contributed by atoms with Crippen LogP contribution < -0.4 is 0 Å². The molecule has 1 aromatic heterocycles. The molecule has 0 aromatic carbocycles. The van der Waals surface area contributed by atoms with Crippen LogP contribution in [-0.2, 0) is 15.3 Å². The summed E-state index contributed by atoms with van der Waals surface area (Å²) in [7, 11) is -2.97. The van der Waals surface area contributed by atoms with E-state index in [0.29, 0.717) is 5.69 Å². The highest BCUT2D eigenvalue weighted by atomic mass is 32.2. The van der Waals surface area contributed by atoms with Gasteiger partial charge in [0.2, 0.25) is 0 Å². The fraction of sp³-hybridized carbons (Fsp3) is 0.692. The Morgan fingerprint density at radius 2 is 1.80 bits per heavy atom. The lowest BCUT2D eigenvalue weighted by atomic mass is 9.98. The van der Waals surface area contributed by atoms with Crippen molar-refractivity contribution in [1.29, 1.82) is 0 Å². The van der Waals surface area contributed by atoms with Gasteiger partial charge in [0, 0.05) is 23.4 Å². The monoisotopic (exact) mass is 316 g/mol. The van der Waals surface area contributed by atoms with Gasteiger partial charge in [0.15, 0.2) is 9.84 Å². The first-order valence-corrected chi connectivity index (χ1v) is 9.21. The van der Waals surface area contributed by atoms with Crippen molar-refractivity contribution in [1.82, 2.24) is 9.88 Å². The van der Waals surface area contributed by atoms with Gasteiger partial charge in [0.05, 0.1) is 16.5 Å². The highest BCUT2D eigenvalue weighted by Crippen LogP contribution is 2.29. The van der Waals surface area contributed by atoms with E-state index in [9.17, 15) is 13.2 Å². The zero-order valence-corrected chi connectivity index (χ0v) is 13.9. The fourth-order valence-corrected chi connectivity index (χ4v) is 4.14. The average molecular weight is 316 g/mol. The predicted octanol–water partition coefficient (Wildman–Crippen LogP) is 1.62. The first-order chi connectivity index (χ1) is 9.10. The minimum absolute atomic E-state index is 0.0497. The van der Waals surface area contributed by atoms with Gasteiger partial charge in [-0.2, -0.15) is 0 Å². The van der Waals surface area contributed by atoms with Crippen LogP contribution in [0.15, 0.2) is 0 Å². The van der Waals surface area contributed by atoms with Crippen LogP contribution in [0.5, 0.6) is 0 Å². The molecular formula is C13H20N2O3S2. The van der Waals surface area contributed by atoms with E-state index in [1.807, 2.05) is 6.92 Å². The molecule has 0 atom stereocenters. The molecule has 2 rings (SSSR count). The molecule has 5 nitrogen and oxygen atoms in total. The Labute approximate surface area is 123 Å². The van der Waals surface area contributed by atoms with Crippen molar-refractivity contribution in [3.05, 3.63) is 15.6 Å². The summed E-state index contributed by atoms with van der Waals surface area (Å²) in [5, 5.41) is 0.933. The minimum Gasteiger partial charge on any atom is -0.335 e. The van der Waals surface area contributed by atoms with Crippen LogP contribution in [0.25, 0.3) is 0 Å². The second kappa shape index (κ2) is 5.11. The van der Waals surface area contributed by atoms with Crippen molar-refractivity contribution < 1.29 is 13.2 Å². The number of carbonyl (C=O) groups excluding carboxylic acids is 1. The SMILES string of the molecule is Cc1sc(C(C)(C)C)nc1C(=O)N1CCS(=O)(=O)CC1. The Balaban J connectivity index is 2.20. The lowest BCUT2D eigenvalue weighted by Crippen LogP contribution is -2.44. The van der Waals surface area contributed by atoms with Crippen LogP contribution in [0.2, 0.25) is 0 Å². The van der Waals surface area contributed by atoms with E-state index in [2.05, 4.69) is 25.8 Å². The molecule has 1 aliphatic heterocycles. The molecule has 1 aromatic rings. The third kappa shape index (κ3) is 3.20. The number of hydrogen-bond donors (Lipinski definition) is 0. The molecule has 20 heavy (non-hydrogen) atoms. The summed E-state index contributed by atoms with van der Waals surface area (Å²) in [6.45, 7) is 8.61. The molecule has 0 spiro atoms. The van der Waals surface area contributed by atoms with E-state index in [1.54, 1.807) is 4.90 Å². The second-order valence-corrected chi connectivity index (χ2v) is 9.62. The Hall–Kier alpha value is -0.950. The van der Waals surface area contributed by atoms with Crippen LogP contribution in [0.4, 0.5) is 0 Å². The van der Waals surface area contributed by atoms with Gasteiger partial charge in [-0.3, -0.25) is 4.79 Å². The molecule has 112 valence electrons. The number of carbonyl (C=O) groups is 1. The van der Waals surface area contributed by atoms with E-state index in [0.717, 1.165) is 9.88 Å². The molecule has 1 amide bonds. The first-order valence-electron chi connectivity index (χ1n) is 6.58. The molecule has 0 aliphatic carbocycles. The van der Waals surface area contributed by atoms with Gasteiger partial charge < -0.3 is 4.90 Å². The zero-order valence-electron chi connectivity index (χ0n) is 12.3. The molecule has 0 bridgehead atoms. The molecule has 0 saturated carbocycles. The van der Waals surface area contributed by atoms with Crippen LogP contribution in [0.1, 0.15) is 41.1 Å². The van der Waals surface area contributed by atoms with Crippen LogP contribution in [0, 0.1) is 6.92 Å². The highest BCUT2D eigenvalue weighted by molar-refractivity contribution is 7.91. The topological polar surface area (TPSA) is 67.3 Å². The summed E-state index contributed by atoms with van der Waals surface area (Å²) in [6.07, 6.45) is 0. The summed E-state index contributed by atoms with van der Waals surface area (Å²) < 4.78 is 22.8. The number of hydrogen-bond acceptors (Lipinski definition) is 5. The van der Waals surface area contributed by atoms with Crippen molar-refractivity contribution in [2.45, 2.75) is 33.1 Å². The maximum Gasteiger partial charge on any atom is 0.273 e. The van der Waals surface area contributed by atoms with Gasteiger partial charge in [-0.15, -0.1) is 11.3 Å². The molecule has 0 unspecified atom stereocenters. The maximum atomic E-state index is 12.4. The van der Waals surface area contributed by atoms with Crippen molar-refractivity contribution in [3.8, 4) is 0 Å². The summed E-state index contributed by atoms with van der Waals surface area (Å²) in [4.78, 5) is 19.4. The molecule has 1 aliphatic rings. The number of rotatable bonds is 1. The van der Waals surface area contributed by atoms with Crippen molar-refractivity contribution in [2.24, 2.45) is 0 Å². The Kier molecular flexibility index (Phi) is 3.94. The Morgan fingerprint density at radius 1 is 1.25 bits per heavy atom. The summed E-state index contributed by atoms with van der Waals surface area (Å²) in [6, 6.07) is 0. The lowest BCUT2D eigenvalue weighted by molar-refractivity contribution is 0.0764. The van der Waals surface area contributed by atoms with Crippen LogP contribution in [-0.4, -0.2) is 48.8 Å². The van der Waals surface area contributed by atoms with Crippen LogP contribution in [0.3, 0.4) is 0 Å². The van der Waals surface area contributed by atoms with Gasteiger partial charge in [0.1, 0.15) is 5.69 Å². The lowest BCUT2D eigenvalue weighted by Gasteiger charge is -2.26. The minimum atomic E-state index is -2.97. The zero-order chi connectivity index (χ0) is 15.1. The average Bonchev–Trinajstić information content (AvgIpc) is 2.70.